The maximum Gasteiger partial charge on any atom is 0.324 e. The molecule has 0 aliphatic carbocycles. The summed E-state index contributed by atoms with van der Waals surface area (Å²) in [6.45, 7) is 10.4. The number of aromatic nitrogens is 2. The summed E-state index contributed by atoms with van der Waals surface area (Å²) in [5, 5.41) is 3.16. The van der Waals surface area contributed by atoms with Crippen LogP contribution >= 0.6 is 23.1 Å². The average molecular weight is 393 g/mol. The monoisotopic (exact) mass is 392 g/mol. The molecule has 2 aromatic heterocycles. The molecule has 3 rings (SSSR count). The Bertz CT molecular complexity index is 963. The van der Waals surface area contributed by atoms with Crippen LogP contribution in [0.1, 0.15) is 17.4 Å². The fourth-order valence-electron chi connectivity index (χ4n) is 2.80. The molecule has 1 fully saturated rings. The molecule has 0 spiro atoms. The number of imide groups is 1. The third kappa shape index (κ3) is 3.16. The summed E-state index contributed by atoms with van der Waals surface area (Å²) in [6, 6.07) is -0.376. The molecule has 0 saturated carbocycles. The minimum absolute atomic E-state index is 0.127. The number of rotatable bonds is 5. The third-order valence-corrected chi connectivity index (χ3v) is 6.50. The molecule has 9 heteroatoms. The second-order valence-corrected chi connectivity index (χ2v) is 8.56. The van der Waals surface area contributed by atoms with Crippen LogP contribution in [-0.4, -0.2) is 44.7 Å². The molecular weight excluding hydrogens is 372 g/mol. The first kappa shape index (κ1) is 18.7. The van der Waals surface area contributed by atoms with Crippen molar-refractivity contribution in [2.24, 2.45) is 0 Å². The van der Waals surface area contributed by atoms with Gasteiger partial charge in [0.25, 0.3) is 5.56 Å². The first-order chi connectivity index (χ1) is 12.3. The van der Waals surface area contributed by atoms with Gasteiger partial charge in [-0.2, -0.15) is 0 Å². The summed E-state index contributed by atoms with van der Waals surface area (Å²) < 4.78 is 1.53. The predicted molar refractivity (Wildman–Crippen MR) is 104 cm³/mol. The van der Waals surface area contributed by atoms with Gasteiger partial charge < -0.3 is 5.32 Å². The van der Waals surface area contributed by atoms with Crippen molar-refractivity contribution in [1.82, 2.24) is 19.8 Å². The van der Waals surface area contributed by atoms with Gasteiger partial charge in [0.05, 0.1) is 10.6 Å². The lowest BCUT2D eigenvalue weighted by atomic mass is 10.2. The molecule has 1 atom stereocenters. The average Bonchev–Trinajstić information content (AvgIpc) is 3.14. The minimum Gasteiger partial charge on any atom is -0.336 e. The molecule has 2 aromatic rings. The molecule has 0 aromatic carbocycles. The van der Waals surface area contributed by atoms with Crippen molar-refractivity contribution in [2.45, 2.75) is 37.7 Å². The molecule has 3 amide bonds. The normalized spacial score (nSPS) is 15.3. The third-order valence-electron chi connectivity index (χ3n) is 4.32. The number of fused-ring (bicyclic) bond motifs is 1. The molecule has 1 N–H and O–H groups in total. The Kier molecular flexibility index (Phi) is 5.19. The van der Waals surface area contributed by atoms with Crippen molar-refractivity contribution >= 4 is 45.3 Å². The lowest BCUT2D eigenvalue weighted by Gasteiger charge is -2.18. The molecule has 0 unspecified atom stereocenters. The van der Waals surface area contributed by atoms with E-state index < -0.39 is 5.25 Å². The Morgan fingerprint density at radius 2 is 2.19 bits per heavy atom. The van der Waals surface area contributed by atoms with Crippen molar-refractivity contribution in [2.75, 3.05) is 13.1 Å². The highest BCUT2D eigenvalue weighted by Gasteiger charge is 2.31. The van der Waals surface area contributed by atoms with Crippen molar-refractivity contribution < 1.29 is 9.59 Å². The number of nitrogens with zero attached hydrogens (tertiary/aromatic N) is 3. The SMILES string of the molecule is C=CCn1c(S[C@H](C)C(=O)N2CCNC2=O)nc2sc(C)c(C)c2c1=O. The number of thiophene rings is 1. The van der Waals surface area contributed by atoms with Crippen molar-refractivity contribution in [1.29, 1.82) is 0 Å². The van der Waals surface area contributed by atoms with Gasteiger partial charge in [0, 0.05) is 24.5 Å². The van der Waals surface area contributed by atoms with Crippen LogP contribution in [0.3, 0.4) is 0 Å². The van der Waals surface area contributed by atoms with Crippen LogP contribution in [0.25, 0.3) is 10.2 Å². The Balaban J connectivity index is 1.99. The van der Waals surface area contributed by atoms with Crippen LogP contribution in [0.15, 0.2) is 22.6 Å². The summed E-state index contributed by atoms with van der Waals surface area (Å²) in [6.07, 6.45) is 1.63. The van der Waals surface area contributed by atoms with Gasteiger partial charge in [0.2, 0.25) is 5.91 Å². The maximum absolute atomic E-state index is 12.9. The zero-order chi connectivity index (χ0) is 19.0. The number of nitrogens with one attached hydrogen (secondary N) is 1. The highest BCUT2D eigenvalue weighted by Crippen LogP contribution is 2.30. The lowest BCUT2D eigenvalue weighted by molar-refractivity contribution is -0.126. The van der Waals surface area contributed by atoms with Crippen molar-refractivity contribution in [3.05, 3.63) is 33.4 Å². The number of urea groups is 1. The van der Waals surface area contributed by atoms with Gasteiger partial charge in [0.15, 0.2) is 5.16 Å². The topological polar surface area (TPSA) is 84.3 Å². The van der Waals surface area contributed by atoms with E-state index in [-0.39, 0.29) is 17.5 Å². The number of allylic oxidation sites excluding steroid dienone is 1. The first-order valence-electron chi connectivity index (χ1n) is 8.22. The lowest BCUT2D eigenvalue weighted by Crippen LogP contribution is -2.39. The van der Waals surface area contributed by atoms with Crippen LogP contribution in [0, 0.1) is 13.8 Å². The molecule has 3 heterocycles. The largest absolute Gasteiger partial charge is 0.336 e. The molecule has 1 aliphatic heterocycles. The van der Waals surface area contributed by atoms with E-state index in [1.54, 1.807) is 13.0 Å². The van der Waals surface area contributed by atoms with Crippen molar-refractivity contribution in [3.63, 3.8) is 0 Å². The van der Waals surface area contributed by atoms with Crippen LogP contribution in [0.5, 0.6) is 0 Å². The smallest absolute Gasteiger partial charge is 0.324 e. The minimum atomic E-state index is -0.540. The molecule has 1 aliphatic rings. The number of hydrogen-bond acceptors (Lipinski definition) is 6. The summed E-state index contributed by atoms with van der Waals surface area (Å²) in [5.41, 5.74) is 0.813. The summed E-state index contributed by atoms with van der Waals surface area (Å²) in [5.74, 6) is -0.289. The molecule has 0 radical (unpaired) electrons. The number of thioether (sulfide) groups is 1. The number of amides is 3. The summed E-state index contributed by atoms with van der Waals surface area (Å²) in [7, 11) is 0. The maximum atomic E-state index is 12.9. The number of aryl methyl sites for hydroxylation is 2. The van der Waals surface area contributed by atoms with E-state index in [0.717, 1.165) is 10.4 Å². The molecule has 138 valence electrons. The van der Waals surface area contributed by atoms with Gasteiger partial charge in [-0.15, -0.1) is 17.9 Å². The molecule has 7 nitrogen and oxygen atoms in total. The van der Waals surface area contributed by atoms with E-state index in [2.05, 4.69) is 16.9 Å². The van der Waals surface area contributed by atoms with E-state index in [1.165, 1.54) is 32.6 Å². The number of carbonyl (C=O) groups is 2. The molecule has 1 saturated heterocycles. The highest BCUT2D eigenvalue weighted by atomic mass is 32.2. The van der Waals surface area contributed by atoms with Gasteiger partial charge in [-0.25, -0.2) is 9.78 Å². The standard InChI is InChI=1S/C17H20N4O3S2/c1-5-7-21-15(23)12-9(2)10(3)25-13(12)19-17(21)26-11(4)14(22)20-8-6-18-16(20)24/h5,11H,1,6-8H2,2-4H3,(H,18,24)/t11-/m1/s1. The Labute approximate surface area is 159 Å². The Morgan fingerprint density at radius 3 is 2.81 bits per heavy atom. The number of hydrogen-bond donors (Lipinski definition) is 1. The van der Waals surface area contributed by atoms with Crippen LogP contribution < -0.4 is 10.9 Å². The van der Waals surface area contributed by atoms with Crippen LogP contribution in [0.4, 0.5) is 4.79 Å². The zero-order valence-corrected chi connectivity index (χ0v) is 16.5. The van der Waals surface area contributed by atoms with E-state index in [9.17, 15) is 14.4 Å². The predicted octanol–water partition coefficient (Wildman–Crippen LogP) is 2.29. The fraction of sp³-hybridized carbons (Fsp3) is 0.412. The van der Waals surface area contributed by atoms with Gasteiger partial charge >= 0.3 is 6.03 Å². The van der Waals surface area contributed by atoms with Gasteiger partial charge in [-0.3, -0.25) is 19.1 Å². The summed E-state index contributed by atoms with van der Waals surface area (Å²) >= 11 is 2.66. The molecule has 26 heavy (non-hydrogen) atoms. The molecule has 0 bridgehead atoms. The first-order valence-corrected chi connectivity index (χ1v) is 9.92. The van der Waals surface area contributed by atoms with E-state index >= 15 is 0 Å². The van der Waals surface area contributed by atoms with Crippen LogP contribution in [-0.2, 0) is 11.3 Å². The van der Waals surface area contributed by atoms with E-state index in [0.29, 0.717) is 35.0 Å². The van der Waals surface area contributed by atoms with E-state index in [4.69, 9.17) is 0 Å². The van der Waals surface area contributed by atoms with Crippen LogP contribution in [0.2, 0.25) is 0 Å². The van der Waals surface area contributed by atoms with Gasteiger partial charge in [-0.05, 0) is 26.3 Å². The Hall–Kier alpha value is -2.13. The second-order valence-electron chi connectivity index (χ2n) is 6.04. The molecular formula is C17H20N4O3S2. The quantitative estimate of drug-likeness (QED) is 0.479. The highest BCUT2D eigenvalue weighted by molar-refractivity contribution is 8.00. The second kappa shape index (κ2) is 7.24. The van der Waals surface area contributed by atoms with Gasteiger partial charge in [-0.1, -0.05) is 17.8 Å². The fourth-order valence-corrected chi connectivity index (χ4v) is 4.85. The Morgan fingerprint density at radius 1 is 1.46 bits per heavy atom. The zero-order valence-electron chi connectivity index (χ0n) is 14.9. The summed E-state index contributed by atoms with van der Waals surface area (Å²) in [4.78, 5) is 44.8. The number of carbonyl (C=O) groups excluding carboxylic acids is 2. The van der Waals surface area contributed by atoms with Gasteiger partial charge in [0.1, 0.15) is 4.83 Å². The van der Waals surface area contributed by atoms with E-state index in [1.807, 2.05) is 13.8 Å². The van der Waals surface area contributed by atoms with Crippen molar-refractivity contribution in [3.8, 4) is 0 Å².